The van der Waals surface area contributed by atoms with E-state index in [0.29, 0.717) is 12.5 Å². The fourth-order valence-corrected chi connectivity index (χ4v) is 4.11. The van der Waals surface area contributed by atoms with Crippen molar-refractivity contribution in [1.82, 2.24) is 10.6 Å². The first kappa shape index (κ1) is 20.9. The molecule has 0 aromatic heterocycles. The third-order valence-electron chi connectivity index (χ3n) is 4.05. The van der Waals surface area contributed by atoms with Crippen LogP contribution in [0.15, 0.2) is 52.4 Å². The zero-order valence-electron chi connectivity index (χ0n) is 15.9. The summed E-state index contributed by atoms with van der Waals surface area (Å²) in [6.45, 7) is 4.95. The Morgan fingerprint density at radius 1 is 1.04 bits per heavy atom. The molecule has 0 saturated heterocycles. The Bertz CT molecular complexity index is 891. The second-order valence-electron chi connectivity index (χ2n) is 6.42. The molecular formula is C20H26FN3O2S. The Hall–Kier alpha value is -2.41. The van der Waals surface area contributed by atoms with Crippen molar-refractivity contribution in [1.29, 1.82) is 0 Å². The van der Waals surface area contributed by atoms with E-state index in [1.54, 1.807) is 7.05 Å². The Balaban J connectivity index is 1.83. The number of aliphatic imine (C=N–C) groups is 1. The normalized spacial score (nSPS) is 12.1. The molecule has 2 aromatic rings. The number of hydrogen-bond donors (Lipinski definition) is 2. The van der Waals surface area contributed by atoms with Gasteiger partial charge in [-0.25, -0.2) is 12.8 Å². The summed E-state index contributed by atoms with van der Waals surface area (Å²) in [4.78, 5) is 3.82. The van der Waals surface area contributed by atoms with E-state index in [2.05, 4.69) is 47.7 Å². The van der Waals surface area contributed by atoms with E-state index < -0.39 is 15.7 Å². The van der Waals surface area contributed by atoms with Gasteiger partial charge in [0.25, 0.3) is 0 Å². The molecule has 0 aliphatic carbocycles. The largest absolute Gasteiger partial charge is 0.356 e. The maximum absolute atomic E-state index is 13.7. The molecule has 5 nitrogen and oxygen atoms in total. The van der Waals surface area contributed by atoms with Crippen molar-refractivity contribution in [3.8, 4) is 0 Å². The Morgan fingerprint density at radius 2 is 1.67 bits per heavy atom. The number of hydrogen-bond acceptors (Lipinski definition) is 3. The van der Waals surface area contributed by atoms with Crippen LogP contribution in [0.5, 0.6) is 0 Å². The van der Waals surface area contributed by atoms with Gasteiger partial charge in [-0.15, -0.1) is 0 Å². The van der Waals surface area contributed by atoms with Crippen LogP contribution in [0.25, 0.3) is 0 Å². The van der Waals surface area contributed by atoms with Crippen LogP contribution in [0.1, 0.15) is 16.7 Å². The smallest absolute Gasteiger partial charge is 0.191 e. The summed E-state index contributed by atoms with van der Waals surface area (Å²) < 4.78 is 38.2. The molecule has 0 heterocycles. The van der Waals surface area contributed by atoms with Crippen molar-refractivity contribution < 1.29 is 12.8 Å². The molecule has 2 N–H and O–H groups in total. The van der Waals surface area contributed by atoms with Crippen molar-refractivity contribution in [2.75, 3.05) is 25.9 Å². The maximum atomic E-state index is 13.7. The average Bonchev–Trinajstić information content (AvgIpc) is 2.59. The minimum absolute atomic E-state index is 0.139. The number of nitrogens with zero attached hydrogens (tertiary/aromatic N) is 1. The summed E-state index contributed by atoms with van der Waals surface area (Å²) >= 11 is 0. The summed E-state index contributed by atoms with van der Waals surface area (Å²) in [6, 6.07) is 11.8. The van der Waals surface area contributed by atoms with Crippen LogP contribution >= 0.6 is 0 Å². The zero-order valence-corrected chi connectivity index (χ0v) is 16.7. The summed E-state index contributed by atoms with van der Waals surface area (Å²) in [5.41, 5.74) is 3.69. The SMILES string of the molecule is CN=C(NCCc1cc(C)cc(C)c1)NCCS(=O)(=O)c1ccccc1F. The first-order valence-electron chi connectivity index (χ1n) is 8.81. The van der Waals surface area contributed by atoms with Crippen molar-refractivity contribution in [3.63, 3.8) is 0 Å². The molecule has 2 aromatic carbocycles. The molecule has 0 atom stereocenters. The Labute approximate surface area is 160 Å². The minimum atomic E-state index is -3.69. The van der Waals surface area contributed by atoms with Gasteiger partial charge in [0.1, 0.15) is 10.7 Å². The lowest BCUT2D eigenvalue weighted by atomic mass is 10.1. The third kappa shape index (κ3) is 6.36. The Kier molecular flexibility index (Phi) is 7.36. The third-order valence-corrected chi connectivity index (χ3v) is 5.79. The van der Waals surface area contributed by atoms with E-state index in [1.165, 1.54) is 34.9 Å². The lowest BCUT2D eigenvalue weighted by Crippen LogP contribution is -2.40. The molecule has 0 amide bonds. The minimum Gasteiger partial charge on any atom is -0.356 e. The van der Waals surface area contributed by atoms with E-state index in [-0.39, 0.29) is 17.2 Å². The quantitative estimate of drug-likeness (QED) is 0.562. The van der Waals surface area contributed by atoms with Gasteiger partial charge in [0, 0.05) is 20.1 Å². The van der Waals surface area contributed by atoms with Crippen LogP contribution in [0, 0.1) is 19.7 Å². The number of halogens is 1. The van der Waals surface area contributed by atoms with Crippen molar-refractivity contribution in [3.05, 3.63) is 65.0 Å². The standard InChI is InChI=1S/C20H26FN3O2S/c1-15-12-16(2)14-17(13-15)8-9-23-20(22-3)24-10-11-27(25,26)19-7-5-4-6-18(19)21/h4-7,12-14H,8-11H2,1-3H3,(H2,22,23,24). The number of benzene rings is 2. The summed E-state index contributed by atoms with van der Waals surface area (Å²) in [7, 11) is -2.07. The highest BCUT2D eigenvalue weighted by Crippen LogP contribution is 2.14. The van der Waals surface area contributed by atoms with E-state index >= 15 is 0 Å². The molecule has 0 bridgehead atoms. The van der Waals surface area contributed by atoms with E-state index in [0.717, 1.165) is 12.5 Å². The molecule has 146 valence electrons. The summed E-state index contributed by atoms with van der Waals surface area (Å²) in [5.74, 6) is -0.428. The van der Waals surface area contributed by atoms with Gasteiger partial charge in [-0.2, -0.15) is 0 Å². The second kappa shape index (κ2) is 9.50. The first-order valence-corrected chi connectivity index (χ1v) is 10.5. The van der Waals surface area contributed by atoms with Crippen LogP contribution in [-0.4, -0.2) is 40.3 Å². The second-order valence-corrected chi connectivity index (χ2v) is 8.50. The van der Waals surface area contributed by atoms with Crippen molar-refractivity contribution in [2.24, 2.45) is 4.99 Å². The van der Waals surface area contributed by atoms with E-state index in [9.17, 15) is 12.8 Å². The van der Waals surface area contributed by atoms with Crippen LogP contribution in [0.3, 0.4) is 0 Å². The van der Waals surface area contributed by atoms with Gasteiger partial charge in [-0.1, -0.05) is 41.5 Å². The number of sulfone groups is 1. The number of rotatable bonds is 7. The van der Waals surface area contributed by atoms with Crippen molar-refractivity contribution >= 4 is 15.8 Å². The predicted molar refractivity (Wildman–Crippen MR) is 107 cm³/mol. The van der Waals surface area contributed by atoms with Gasteiger partial charge >= 0.3 is 0 Å². The van der Waals surface area contributed by atoms with E-state index in [1.807, 2.05) is 0 Å². The molecule has 0 saturated carbocycles. The molecule has 0 aliphatic heterocycles. The first-order chi connectivity index (χ1) is 12.8. The topological polar surface area (TPSA) is 70.6 Å². The van der Waals surface area contributed by atoms with Crippen LogP contribution in [-0.2, 0) is 16.3 Å². The van der Waals surface area contributed by atoms with Gasteiger partial charge in [0.2, 0.25) is 0 Å². The highest BCUT2D eigenvalue weighted by Gasteiger charge is 2.18. The number of nitrogens with one attached hydrogen (secondary N) is 2. The van der Waals surface area contributed by atoms with Gasteiger partial charge in [0.05, 0.1) is 5.75 Å². The number of aryl methyl sites for hydroxylation is 2. The molecule has 0 unspecified atom stereocenters. The molecular weight excluding hydrogens is 365 g/mol. The van der Waals surface area contributed by atoms with Gasteiger partial charge in [-0.3, -0.25) is 4.99 Å². The van der Waals surface area contributed by atoms with Crippen LogP contribution in [0.2, 0.25) is 0 Å². The fourth-order valence-electron chi connectivity index (χ4n) is 2.87. The Morgan fingerprint density at radius 3 is 2.30 bits per heavy atom. The average molecular weight is 392 g/mol. The predicted octanol–water partition coefficient (Wildman–Crippen LogP) is 2.62. The molecule has 0 aliphatic rings. The van der Waals surface area contributed by atoms with Crippen molar-refractivity contribution in [2.45, 2.75) is 25.2 Å². The monoisotopic (exact) mass is 391 g/mol. The molecule has 0 spiro atoms. The van der Waals surface area contributed by atoms with Gasteiger partial charge in [-0.05, 0) is 38.0 Å². The van der Waals surface area contributed by atoms with Crippen LogP contribution < -0.4 is 10.6 Å². The molecule has 0 radical (unpaired) electrons. The molecule has 27 heavy (non-hydrogen) atoms. The zero-order chi connectivity index (χ0) is 19.9. The summed E-state index contributed by atoms with van der Waals surface area (Å²) in [5, 5.41) is 6.13. The molecule has 2 rings (SSSR count). The van der Waals surface area contributed by atoms with Gasteiger partial charge in [0.15, 0.2) is 15.8 Å². The lowest BCUT2D eigenvalue weighted by Gasteiger charge is -2.13. The molecule has 7 heteroatoms. The highest BCUT2D eigenvalue weighted by atomic mass is 32.2. The fraction of sp³-hybridized carbons (Fsp3) is 0.350. The number of guanidine groups is 1. The van der Waals surface area contributed by atoms with E-state index in [4.69, 9.17) is 0 Å². The molecule has 0 fully saturated rings. The van der Waals surface area contributed by atoms with Crippen LogP contribution in [0.4, 0.5) is 4.39 Å². The highest BCUT2D eigenvalue weighted by molar-refractivity contribution is 7.91. The van der Waals surface area contributed by atoms with Gasteiger partial charge < -0.3 is 10.6 Å². The summed E-state index contributed by atoms with van der Waals surface area (Å²) in [6.07, 6.45) is 0.830. The lowest BCUT2D eigenvalue weighted by molar-refractivity contribution is 0.566. The maximum Gasteiger partial charge on any atom is 0.191 e.